The Labute approximate surface area is 128 Å². The van der Waals surface area contributed by atoms with Crippen molar-refractivity contribution in [2.45, 2.75) is 19.4 Å². The van der Waals surface area contributed by atoms with E-state index < -0.39 is 6.10 Å². The Morgan fingerprint density at radius 2 is 2.10 bits per heavy atom. The zero-order valence-electron chi connectivity index (χ0n) is 11.8. The second-order valence-corrected chi connectivity index (χ2v) is 5.73. The number of benzene rings is 1. The van der Waals surface area contributed by atoms with Gasteiger partial charge in [-0.2, -0.15) is 0 Å². The fraction of sp³-hybridized carbons (Fsp3) is 0.312. The van der Waals surface area contributed by atoms with Gasteiger partial charge in [0.25, 0.3) is 0 Å². The van der Waals surface area contributed by atoms with E-state index in [-0.39, 0.29) is 0 Å². The Kier molecular flexibility index (Phi) is 5.15. The van der Waals surface area contributed by atoms with E-state index in [2.05, 4.69) is 32.9 Å². The van der Waals surface area contributed by atoms with Gasteiger partial charge in [0.05, 0.1) is 6.10 Å². The number of anilines is 1. The number of likely N-dealkylation sites (N-methyl/N-ethyl adjacent to an activating group) is 1. The molecule has 2 aromatic rings. The van der Waals surface area contributed by atoms with Crippen LogP contribution in [0.5, 0.6) is 0 Å². The Balaban J connectivity index is 2.02. The second-order valence-electron chi connectivity index (χ2n) is 4.87. The summed E-state index contributed by atoms with van der Waals surface area (Å²) in [7, 11) is 2.06. The number of aromatic nitrogens is 1. The minimum atomic E-state index is -0.461. The Morgan fingerprint density at radius 1 is 1.30 bits per heavy atom. The first-order valence-corrected chi connectivity index (χ1v) is 7.46. The molecule has 106 valence electrons. The molecule has 1 aromatic heterocycles. The predicted octanol–water partition coefficient (Wildman–Crippen LogP) is 3.58. The van der Waals surface area contributed by atoms with Crippen LogP contribution in [-0.4, -0.2) is 23.7 Å². The van der Waals surface area contributed by atoms with Crippen LogP contribution >= 0.6 is 15.9 Å². The summed E-state index contributed by atoms with van der Waals surface area (Å²) in [6, 6.07) is 12.0. The molecule has 2 rings (SSSR count). The molecule has 0 aliphatic heterocycles. The number of aliphatic hydroxyl groups excluding tert-OH is 1. The number of pyridine rings is 1. The van der Waals surface area contributed by atoms with Crippen molar-refractivity contribution < 1.29 is 5.11 Å². The van der Waals surface area contributed by atoms with E-state index in [1.54, 1.807) is 6.92 Å². The van der Waals surface area contributed by atoms with Crippen LogP contribution in [0.4, 0.5) is 5.69 Å². The van der Waals surface area contributed by atoms with Crippen LogP contribution in [0.15, 0.2) is 47.1 Å². The summed E-state index contributed by atoms with van der Waals surface area (Å²) in [6.45, 7) is 2.67. The van der Waals surface area contributed by atoms with Crippen molar-refractivity contribution in [1.29, 1.82) is 0 Å². The van der Waals surface area contributed by atoms with Gasteiger partial charge in [0.15, 0.2) is 0 Å². The molecule has 1 unspecified atom stereocenters. The van der Waals surface area contributed by atoms with Crippen molar-refractivity contribution in [3.05, 3.63) is 58.3 Å². The third kappa shape index (κ3) is 3.81. The fourth-order valence-electron chi connectivity index (χ4n) is 2.05. The lowest BCUT2D eigenvalue weighted by Crippen LogP contribution is -2.20. The standard InChI is InChI=1S/C16H19BrN2O/c1-12(20)15-7-6-14(11-16(15)17)19(2)10-8-13-5-3-4-9-18-13/h3-7,9,11-12,20H,8,10H2,1-2H3. The quantitative estimate of drug-likeness (QED) is 0.907. The molecule has 0 fully saturated rings. The average Bonchev–Trinajstić information content (AvgIpc) is 2.45. The van der Waals surface area contributed by atoms with Gasteiger partial charge in [-0.05, 0) is 36.8 Å². The van der Waals surface area contributed by atoms with E-state index in [9.17, 15) is 5.11 Å². The highest BCUT2D eigenvalue weighted by Crippen LogP contribution is 2.27. The lowest BCUT2D eigenvalue weighted by molar-refractivity contribution is 0.198. The predicted molar refractivity (Wildman–Crippen MR) is 86.0 cm³/mol. The van der Waals surface area contributed by atoms with E-state index >= 15 is 0 Å². The van der Waals surface area contributed by atoms with Crippen LogP contribution in [-0.2, 0) is 6.42 Å². The van der Waals surface area contributed by atoms with Crippen molar-refractivity contribution in [3.8, 4) is 0 Å². The van der Waals surface area contributed by atoms with Crippen molar-refractivity contribution in [2.75, 3.05) is 18.5 Å². The summed E-state index contributed by atoms with van der Waals surface area (Å²) in [6.07, 6.45) is 2.27. The maximum atomic E-state index is 9.63. The molecule has 0 aliphatic carbocycles. The van der Waals surface area contributed by atoms with E-state index in [0.717, 1.165) is 34.4 Å². The highest BCUT2D eigenvalue weighted by atomic mass is 79.9. The molecule has 1 aromatic carbocycles. The highest BCUT2D eigenvalue weighted by molar-refractivity contribution is 9.10. The van der Waals surface area contributed by atoms with E-state index in [1.165, 1.54) is 0 Å². The van der Waals surface area contributed by atoms with Gasteiger partial charge in [0.2, 0.25) is 0 Å². The van der Waals surface area contributed by atoms with Gasteiger partial charge < -0.3 is 10.0 Å². The molecule has 3 nitrogen and oxygen atoms in total. The Morgan fingerprint density at radius 3 is 2.70 bits per heavy atom. The molecule has 0 amide bonds. The van der Waals surface area contributed by atoms with Gasteiger partial charge in [0, 0.05) is 42.1 Å². The first-order chi connectivity index (χ1) is 9.58. The van der Waals surface area contributed by atoms with Gasteiger partial charge in [0.1, 0.15) is 0 Å². The molecule has 0 aliphatic rings. The number of hydrogen-bond donors (Lipinski definition) is 1. The van der Waals surface area contributed by atoms with Crippen LogP contribution in [0.3, 0.4) is 0 Å². The average molecular weight is 335 g/mol. The minimum absolute atomic E-state index is 0.461. The first-order valence-electron chi connectivity index (χ1n) is 6.66. The van der Waals surface area contributed by atoms with Crippen molar-refractivity contribution in [3.63, 3.8) is 0 Å². The molecule has 0 saturated carbocycles. The van der Waals surface area contributed by atoms with Gasteiger partial charge >= 0.3 is 0 Å². The minimum Gasteiger partial charge on any atom is -0.389 e. The van der Waals surface area contributed by atoms with Crippen LogP contribution in [0.25, 0.3) is 0 Å². The number of halogens is 1. The molecule has 1 N–H and O–H groups in total. The fourth-order valence-corrected chi connectivity index (χ4v) is 2.75. The monoisotopic (exact) mass is 334 g/mol. The van der Waals surface area contributed by atoms with E-state index in [4.69, 9.17) is 0 Å². The molecular formula is C16H19BrN2O. The lowest BCUT2D eigenvalue weighted by atomic mass is 10.1. The SMILES string of the molecule is CC(O)c1ccc(N(C)CCc2ccccn2)cc1Br. The van der Waals surface area contributed by atoms with Crippen LogP contribution in [0.2, 0.25) is 0 Å². The highest BCUT2D eigenvalue weighted by Gasteiger charge is 2.09. The summed E-state index contributed by atoms with van der Waals surface area (Å²) in [5.74, 6) is 0. The van der Waals surface area contributed by atoms with Gasteiger partial charge in [-0.1, -0.05) is 28.1 Å². The topological polar surface area (TPSA) is 36.4 Å². The van der Waals surface area contributed by atoms with Gasteiger partial charge in [-0.3, -0.25) is 4.98 Å². The maximum absolute atomic E-state index is 9.63. The van der Waals surface area contributed by atoms with Gasteiger partial charge in [-0.15, -0.1) is 0 Å². The largest absolute Gasteiger partial charge is 0.389 e. The number of nitrogens with zero attached hydrogens (tertiary/aromatic N) is 2. The smallest absolute Gasteiger partial charge is 0.0772 e. The van der Waals surface area contributed by atoms with Crippen LogP contribution in [0, 0.1) is 0 Å². The van der Waals surface area contributed by atoms with Gasteiger partial charge in [-0.25, -0.2) is 0 Å². The molecule has 4 heteroatoms. The van der Waals surface area contributed by atoms with Crippen molar-refractivity contribution >= 4 is 21.6 Å². The third-order valence-electron chi connectivity index (χ3n) is 3.30. The summed E-state index contributed by atoms with van der Waals surface area (Å²) in [4.78, 5) is 6.52. The summed E-state index contributed by atoms with van der Waals surface area (Å²) in [5.41, 5.74) is 3.13. The normalized spacial score (nSPS) is 12.2. The van der Waals surface area contributed by atoms with Crippen LogP contribution < -0.4 is 4.90 Å². The molecule has 0 spiro atoms. The zero-order valence-corrected chi connectivity index (χ0v) is 13.3. The second kappa shape index (κ2) is 6.86. The number of rotatable bonds is 5. The number of hydrogen-bond acceptors (Lipinski definition) is 3. The van der Waals surface area contributed by atoms with E-state index in [1.807, 2.05) is 42.6 Å². The first kappa shape index (κ1) is 15.0. The lowest BCUT2D eigenvalue weighted by Gasteiger charge is -2.20. The van der Waals surface area contributed by atoms with Crippen LogP contribution in [0.1, 0.15) is 24.3 Å². The molecule has 20 heavy (non-hydrogen) atoms. The zero-order chi connectivity index (χ0) is 14.5. The molecule has 0 radical (unpaired) electrons. The number of aliphatic hydroxyl groups is 1. The Bertz CT molecular complexity index is 558. The summed E-state index contributed by atoms with van der Waals surface area (Å²) >= 11 is 3.51. The van der Waals surface area contributed by atoms with Crippen molar-refractivity contribution in [2.24, 2.45) is 0 Å². The molecule has 1 heterocycles. The molecule has 0 saturated heterocycles. The molecule has 0 bridgehead atoms. The summed E-state index contributed by atoms with van der Waals surface area (Å²) in [5, 5.41) is 9.63. The molecular weight excluding hydrogens is 316 g/mol. The maximum Gasteiger partial charge on any atom is 0.0772 e. The molecule has 1 atom stereocenters. The van der Waals surface area contributed by atoms with Crippen molar-refractivity contribution in [1.82, 2.24) is 4.98 Å². The Hall–Kier alpha value is -1.39. The van der Waals surface area contributed by atoms with E-state index in [0.29, 0.717) is 0 Å². The summed E-state index contributed by atoms with van der Waals surface area (Å²) < 4.78 is 0.940. The third-order valence-corrected chi connectivity index (χ3v) is 3.99.